The van der Waals surface area contributed by atoms with Crippen LogP contribution in [-0.2, 0) is 0 Å². The Morgan fingerprint density at radius 2 is 0.789 bits per heavy atom. The zero-order chi connectivity index (χ0) is 46.9. The molecule has 11 aromatic carbocycles. The molecule has 1 aromatic heterocycles. The van der Waals surface area contributed by atoms with Crippen molar-refractivity contribution in [1.82, 2.24) is 0 Å². The molecule has 12 aromatic rings. The lowest BCUT2D eigenvalue weighted by Gasteiger charge is -2.50. The molecule has 0 saturated heterocycles. The maximum atomic E-state index is 7.49. The summed E-state index contributed by atoms with van der Waals surface area (Å²) < 4.78 is 14.1. The molecule has 0 bridgehead atoms. The van der Waals surface area contributed by atoms with Gasteiger partial charge in [0.2, 0.25) is 0 Å². The van der Waals surface area contributed by atoms with Crippen LogP contribution in [0.2, 0.25) is 0 Å². The number of rotatable bonds is 7. The Morgan fingerprint density at radius 3 is 1.44 bits per heavy atom. The van der Waals surface area contributed by atoms with Gasteiger partial charge in [-0.2, -0.15) is 0 Å². The molecule has 2 aliphatic heterocycles. The van der Waals surface area contributed by atoms with Gasteiger partial charge in [-0.3, -0.25) is 0 Å². The third kappa shape index (κ3) is 6.13. The van der Waals surface area contributed by atoms with E-state index in [2.05, 4.69) is 272 Å². The standard InChI is InChI=1S/C66H45NO2Si2/c1-4-21-46(22-5-1)52-27-10-11-28-53(52)47-39-41-48(42-40-47)67(49-43-44-55-54-29-12-13-31-57(54)68-59(55)45-49)56-30-20-38-65-66(56)69-58-32-14-15-33-60(58)71(65)63-36-18-16-34-61(63)70(50-23-6-2-7-24-50,51-25-8-3-9-26-51)62-35-17-19-37-64(62)71/h1-45H. The number of hydrogen-bond donors (Lipinski definition) is 0. The number of furan rings is 1. The van der Waals surface area contributed by atoms with Gasteiger partial charge in [-0.1, -0.05) is 224 Å². The summed E-state index contributed by atoms with van der Waals surface area (Å²) in [6, 6.07) is 101. The Bertz CT molecular complexity index is 3890. The van der Waals surface area contributed by atoms with E-state index in [1.54, 1.807) is 0 Å². The predicted molar refractivity (Wildman–Crippen MR) is 300 cm³/mol. The van der Waals surface area contributed by atoms with E-state index in [0.717, 1.165) is 56.1 Å². The minimum Gasteiger partial charge on any atom is -0.456 e. The van der Waals surface area contributed by atoms with Crippen molar-refractivity contribution in [3.63, 3.8) is 0 Å². The van der Waals surface area contributed by atoms with Crippen LogP contribution in [0.25, 0.3) is 44.2 Å². The van der Waals surface area contributed by atoms with Gasteiger partial charge >= 0.3 is 0 Å². The molecule has 0 aliphatic carbocycles. The van der Waals surface area contributed by atoms with Gasteiger partial charge in [0.25, 0.3) is 0 Å². The van der Waals surface area contributed by atoms with Crippen molar-refractivity contribution < 1.29 is 9.15 Å². The van der Waals surface area contributed by atoms with Gasteiger partial charge in [-0.15, -0.1) is 0 Å². The first-order chi connectivity index (χ1) is 35.2. The fraction of sp³-hybridized carbons (Fsp3) is 0. The van der Waals surface area contributed by atoms with E-state index in [9.17, 15) is 0 Å². The van der Waals surface area contributed by atoms with E-state index in [0.29, 0.717) is 0 Å². The third-order valence-corrected chi connectivity index (χ3v) is 25.4. The van der Waals surface area contributed by atoms with Crippen molar-refractivity contribution >= 4 is 96.6 Å². The molecule has 0 radical (unpaired) electrons. The Hall–Kier alpha value is -8.75. The fourth-order valence-electron chi connectivity index (χ4n) is 12.2. The lowest BCUT2D eigenvalue weighted by Crippen LogP contribution is -2.93. The lowest BCUT2D eigenvalue weighted by molar-refractivity contribution is 0.488. The van der Waals surface area contributed by atoms with Crippen molar-refractivity contribution in [2.75, 3.05) is 4.90 Å². The topological polar surface area (TPSA) is 25.6 Å². The molecule has 1 spiro atoms. The molecule has 71 heavy (non-hydrogen) atoms. The highest BCUT2D eigenvalue weighted by atomic mass is 28.3. The van der Waals surface area contributed by atoms with E-state index < -0.39 is 16.1 Å². The second kappa shape index (κ2) is 16.5. The lowest BCUT2D eigenvalue weighted by atomic mass is 9.94. The molecule has 3 heterocycles. The van der Waals surface area contributed by atoms with Crippen molar-refractivity contribution in [3.8, 4) is 33.8 Å². The molecule has 0 saturated carbocycles. The largest absolute Gasteiger partial charge is 0.456 e. The first-order valence-electron chi connectivity index (χ1n) is 24.4. The maximum absolute atomic E-state index is 7.49. The molecule has 0 N–H and O–H groups in total. The highest BCUT2D eigenvalue weighted by molar-refractivity contribution is 7.33. The van der Waals surface area contributed by atoms with Gasteiger partial charge in [-0.05, 0) is 106 Å². The SMILES string of the molecule is c1ccc(-c2ccccc2-c2ccc(N(c3ccc4c(c3)oc3ccccc34)c3cccc4c3Oc3ccccc3[Si]43c4ccccc4[Si](c4ccccc4)(c4ccccc4)c4ccccc43)cc2)cc1. The zero-order valence-corrected chi connectivity index (χ0v) is 40.7. The summed E-state index contributed by atoms with van der Waals surface area (Å²) in [4.78, 5) is 2.38. The minimum atomic E-state index is -3.18. The maximum Gasteiger partial charge on any atom is 0.188 e. The van der Waals surface area contributed by atoms with Gasteiger partial charge in [-0.25, -0.2) is 0 Å². The fourth-order valence-corrected chi connectivity index (χ4v) is 24.5. The predicted octanol–water partition coefficient (Wildman–Crippen LogP) is 11.6. The first-order valence-corrected chi connectivity index (χ1v) is 28.4. The monoisotopic (exact) mass is 939 g/mol. The highest BCUT2D eigenvalue weighted by Gasteiger charge is 2.59. The van der Waals surface area contributed by atoms with Crippen LogP contribution in [0.3, 0.4) is 0 Å². The van der Waals surface area contributed by atoms with E-state index in [4.69, 9.17) is 9.15 Å². The molecular weight excluding hydrogens is 895 g/mol. The number of anilines is 3. The molecule has 334 valence electrons. The van der Waals surface area contributed by atoms with Crippen molar-refractivity contribution in [1.29, 1.82) is 0 Å². The molecule has 0 amide bonds. The molecule has 5 heteroatoms. The van der Waals surface area contributed by atoms with Crippen molar-refractivity contribution in [3.05, 3.63) is 273 Å². The summed E-state index contributed by atoms with van der Waals surface area (Å²) in [5.41, 5.74) is 9.39. The average molecular weight is 940 g/mol. The number of hydrogen-bond acceptors (Lipinski definition) is 3. The Kier molecular flexibility index (Phi) is 9.56. The highest BCUT2D eigenvalue weighted by Crippen LogP contribution is 2.46. The molecule has 0 unspecified atom stereocenters. The van der Waals surface area contributed by atoms with Crippen LogP contribution in [0, 0.1) is 0 Å². The number of ether oxygens (including phenoxy) is 1. The molecular formula is C66H45NO2Si2. The second-order valence-corrected chi connectivity index (χ2v) is 26.0. The molecule has 0 fully saturated rings. The van der Waals surface area contributed by atoms with Gasteiger partial charge in [0.05, 0.1) is 11.4 Å². The smallest absolute Gasteiger partial charge is 0.188 e. The van der Waals surface area contributed by atoms with Crippen LogP contribution >= 0.6 is 0 Å². The van der Waals surface area contributed by atoms with E-state index >= 15 is 0 Å². The molecule has 14 rings (SSSR count). The Morgan fingerprint density at radius 1 is 0.310 bits per heavy atom. The second-order valence-electron chi connectivity index (χ2n) is 18.6. The van der Waals surface area contributed by atoms with Crippen molar-refractivity contribution in [2.24, 2.45) is 0 Å². The van der Waals surface area contributed by atoms with Gasteiger partial charge in [0.15, 0.2) is 21.9 Å². The zero-order valence-electron chi connectivity index (χ0n) is 38.7. The van der Waals surface area contributed by atoms with E-state index in [-0.39, 0.29) is 0 Å². The van der Waals surface area contributed by atoms with Gasteiger partial charge in [0.1, 0.15) is 16.9 Å². The summed E-state index contributed by atoms with van der Waals surface area (Å²) in [5, 5.41) is 13.2. The number of para-hydroxylation sites is 3. The van der Waals surface area contributed by atoms with Gasteiger partial charge < -0.3 is 14.1 Å². The van der Waals surface area contributed by atoms with Crippen molar-refractivity contribution in [2.45, 2.75) is 0 Å². The normalized spacial score (nSPS) is 13.7. The summed E-state index contributed by atoms with van der Waals surface area (Å²) in [6.07, 6.45) is 0. The number of fused-ring (bicyclic) bond motifs is 11. The van der Waals surface area contributed by atoms with Crippen LogP contribution in [0.15, 0.2) is 277 Å². The molecule has 2 aliphatic rings. The van der Waals surface area contributed by atoms with Crippen LogP contribution in [0.4, 0.5) is 17.1 Å². The number of benzene rings is 11. The summed E-state index contributed by atoms with van der Waals surface area (Å²) in [5.74, 6) is 1.78. The van der Waals surface area contributed by atoms with Crippen LogP contribution < -0.4 is 51.1 Å². The Labute approximate surface area is 415 Å². The first kappa shape index (κ1) is 41.2. The minimum absolute atomic E-state index is 0.835. The number of nitrogens with zero attached hydrogens (tertiary/aromatic N) is 1. The molecule has 0 atom stereocenters. The summed E-state index contributed by atoms with van der Waals surface area (Å²) >= 11 is 0. The van der Waals surface area contributed by atoms with E-state index in [1.165, 1.54) is 58.2 Å². The average Bonchev–Trinajstić information content (AvgIpc) is 3.83. The Balaban J connectivity index is 1.04. The van der Waals surface area contributed by atoms with Crippen LogP contribution in [0.5, 0.6) is 11.5 Å². The van der Waals surface area contributed by atoms with Crippen LogP contribution in [-0.4, -0.2) is 16.1 Å². The quantitative estimate of drug-likeness (QED) is 0.149. The summed E-state index contributed by atoms with van der Waals surface area (Å²) in [6.45, 7) is 0. The van der Waals surface area contributed by atoms with Crippen LogP contribution in [0.1, 0.15) is 0 Å². The van der Waals surface area contributed by atoms with E-state index in [1.807, 2.05) is 6.07 Å². The molecule has 3 nitrogen and oxygen atoms in total. The summed E-state index contributed by atoms with van der Waals surface area (Å²) in [7, 11) is -6.08. The third-order valence-electron chi connectivity index (χ3n) is 15.1. The van der Waals surface area contributed by atoms with Gasteiger partial charge in [0, 0.05) is 22.5 Å².